The number of hydrogen-bond acceptors (Lipinski definition) is 8. The van der Waals surface area contributed by atoms with E-state index in [1.165, 1.54) is 17.6 Å². The van der Waals surface area contributed by atoms with E-state index in [0.717, 1.165) is 52.4 Å². The number of hydrogen-bond donors (Lipinski definition) is 3. The number of thiophene rings is 1. The summed E-state index contributed by atoms with van der Waals surface area (Å²) in [4.78, 5) is 20.8. The van der Waals surface area contributed by atoms with Gasteiger partial charge in [-0.1, -0.05) is 6.58 Å². The van der Waals surface area contributed by atoms with Gasteiger partial charge in [-0.3, -0.25) is 4.79 Å². The normalized spacial score (nSPS) is 19.3. The molecule has 1 saturated carbocycles. The van der Waals surface area contributed by atoms with E-state index in [0.29, 0.717) is 12.0 Å². The number of carbonyl (C=O) groups excluding carboxylic acids is 1. The first-order chi connectivity index (χ1) is 13.6. The third-order valence-electron chi connectivity index (χ3n) is 4.77. The third-order valence-corrected chi connectivity index (χ3v) is 6.47. The van der Waals surface area contributed by atoms with Gasteiger partial charge >= 0.3 is 0 Å². The summed E-state index contributed by atoms with van der Waals surface area (Å²) in [6, 6.07) is 4.55. The number of anilines is 3. The van der Waals surface area contributed by atoms with Crippen LogP contribution in [0.1, 0.15) is 31.4 Å². The van der Waals surface area contributed by atoms with Gasteiger partial charge in [-0.25, -0.2) is 4.98 Å². The number of amides is 1. The highest BCUT2D eigenvalue weighted by Crippen LogP contribution is 2.31. The lowest BCUT2D eigenvalue weighted by Gasteiger charge is -2.29. The molecular weight excluding hydrogens is 392 g/mol. The van der Waals surface area contributed by atoms with Crippen LogP contribution in [0.4, 0.5) is 16.8 Å². The van der Waals surface area contributed by atoms with Crippen LogP contribution in [0, 0.1) is 6.92 Å². The maximum absolute atomic E-state index is 11.5. The SMILES string of the molecule is C=CC(=O)N[C@H]1CC[C@@H](Nc2nc(Nc3cc(C)ns3)nc3ccsc23)CC1. The molecule has 28 heavy (non-hydrogen) atoms. The molecule has 0 aliphatic heterocycles. The van der Waals surface area contributed by atoms with Gasteiger partial charge in [0.05, 0.1) is 15.9 Å². The lowest BCUT2D eigenvalue weighted by Crippen LogP contribution is -2.39. The quantitative estimate of drug-likeness (QED) is 0.523. The summed E-state index contributed by atoms with van der Waals surface area (Å²) in [5.74, 6) is 1.34. The molecular formula is C19H22N6OS2. The van der Waals surface area contributed by atoms with Crippen LogP contribution in [0.3, 0.4) is 0 Å². The second-order valence-electron chi connectivity index (χ2n) is 6.89. The maximum Gasteiger partial charge on any atom is 0.243 e. The van der Waals surface area contributed by atoms with Crippen molar-refractivity contribution in [1.82, 2.24) is 19.7 Å². The van der Waals surface area contributed by atoms with E-state index in [9.17, 15) is 4.79 Å². The molecule has 3 aromatic heterocycles. The van der Waals surface area contributed by atoms with Crippen LogP contribution in [-0.2, 0) is 4.79 Å². The number of carbonyl (C=O) groups is 1. The average Bonchev–Trinajstić information content (AvgIpc) is 3.32. The molecule has 9 heteroatoms. The molecule has 7 nitrogen and oxygen atoms in total. The first-order valence-electron chi connectivity index (χ1n) is 9.26. The molecule has 146 valence electrons. The molecule has 3 aromatic rings. The number of nitrogens with one attached hydrogen (secondary N) is 3. The molecule has 0 atom stereocenters. The van der Waals surface area contributed by atoms with Gasteiger partial charge in [-0.15, -0.1) is 11.3 Å². The molecule has 1 aliphatic carbocycles. The lowest BCUT2D eigenvalue weighted by molar-refractivity contribution is -0.117. The van der Waals surface area contributed by atoms with Crippen LogP contribution >= 0.6 is 22.9 Å². The Bertz CT molecular complexity index is 989. The van der Waals surface area contributed by atoms with Crippen LogP contribution in [0.5, 0.6) is 0 Å². The van der Waals surface area contributed by atoms with E-state index in [1.807, 2.05) is 24.4 Å². The van der Waals surface area contributed by atoms with Crippen molar-refractivity contribution in [3.8, 4) is 0 Å². The Labute approximate surface area is 171 Å². The summed E-state index contributed by atoms with van der Waals surface area (Å²) in [7, 11) is 0. The minimum atomic E-state index is -0.0958. The van der Waals surface area contributed by atoms with Gasteiger partial charge in [0.2, 0.25) is 11.9 Å². The molecule has 0 radical (unpaired) electrons. The standard InChI is InChI=1S/C19H22N6OS2/c1-3-15(26)20-12-4-6-13(7-5-12)21-18-17-14(8-9-27-17)22-19(24-18)23-16-10-11(2)25-28-16/h3,8-10,12-13H,1,4-7H2,2H3,(H,20,26)(H2,21,22,23,24)/t12-,13+. The van der Waals surface area contributed by atoms with E-state index in [-0.39, 0.29) is 11.9 Å². The maximum atomic E-state index is 11.5. The Morgan fingerprint density at radius 2 is 2.04 bits per heavy atom. The van der Waals surface area contributed by atoms with Crippen LogP contribution in [0.15, 0.2) is 30.2 Å². The summed E-state index contributed by atoms with van der Waals surface area (Å²) in [5, 5.41) is 12.8. The van der Waals surface area contributed by atoms with Gasteiger partial charge in [0.15, 0.2) is 0 Å². The highest BCUT2D eigenvalue weighted by atomic mass is 32.1. The van der Waals surface area contributed by atoms with Crippen molar-refractivity contribution >= 4 is 55.8 Å². The fourth-order valence-corrected chi connectivity index (χ4v) is 4.82. The fraction of sp³-hybridized carbons (Fsp3) is 0.368. The van der Waals surface area contributed by atoms with Crippen molar-refractivity contribution in [1.29, 1.82) is 0 Å². The van der Waals surface area contributed by atoms with Gasteiger partial charge in [0.1, 0.15) is 10.8 Å². The Morgan fingerprint density at radius 3 is 2.75 bits per heavy atom. The highest BCUT2D eigenvalue weighted by Gasteiger charge is 2.23. The van der Waals surface area contributed by atoms with Crippen molar-refractivity contribution in [3.05, 3.63) is 35.9 Å². The molecule has 1 aliphatic rings. The first kappa shape index (κ1) is 18.8. The monoisotopic (exact) mass is 414 g/mol. The van der Waals surface area contributed by atoms with E-state index in [2.05, 4.69) is 31.9 Å². The lowest BCUT2D eigenvalue weighted by atomic mass is 9.91. The summed E-state index contributed by atoms with van der Waals surface area (Å²) in [5.41, 5.74) is 1.90. The Morgan fingerprint density at radius 1 is 1.25 bits per heavy atom. The molecule has 3 N–H and O–H groups in total. The van der Waals surface area contributed by atoms with Crippen molar-refractivity contribution in [2.45, 2.75) is 44.7 Å². The van der Waals surface area contributed by atoms with Crippen molar-refractivity contribution in [2.75, 3.05) is 10.6 Å². The summed E-state index contributed by atoms with van der Waals surface area (Å²) in [6.07, 6.45) is 5.19. The largest absolute Gasteiger partial charge is 0.366 e. The van der Waals surface area contributed by atoms with Crippen molar-refractivity contribution in [3.63, 3.8) is 0 Å². The third kappa shape index (κ3) is 4.31. The number of aryl methyl sites for hydroxylation is 1. The summed E-state index contributed by atoms with van der Waals surface area (Å²) < 4.78 is 5.35. The molecule has 0 spiro atoms. The highest BCUT2D eigenvalue weighted by molar-refractivity contribution is 7.17. The first-order valence-corrected chi connectivity index (χ1v) is 10.9. The second kappa shape index (κ2) is 8.24. The summed E-state index contributed by atoms with van der Waals surface area (Å²) in [6.45, 7) is 5.48. The smallest absolute Gasteiger partial charge is 0.243 e. The zero-order chi connectivity index (χ0) is 19.5. The Hall–Kier alpha value is -2.52. The predicted octanol–water partition coefficient (Wildman–Crippen LogP) is 4.23. The molecule has 0 aromatic carbocycles. The van der Waals surface area contributed by atoms with Gasteiger partial charge in [0.25, 0.3) is 0 Å². The van der Waals surface area contributed by atoms with Gasteiger partial charge in [-0.2, -0.15) is 9.36 Å². The fourth-order valence-electron chi connectivity index (χ4n) is 3.39. The van der Waals surface area contributed by atoms with E-state index >= 15 is 0 Å². The van der Waals surface area contributed by atoms with Gasteiger partial charge in [0, 0.05) is 12.1 Å². The average molecular weight is 415 g/mol. The van der Waals surface area contributed by atoms with Crippen LogP contribution in [0.25, 0.3) is 10.2 Å². The number of fused-ring (bicyclic) bond motifs is 1. The number of nitrogens with zero attached hydrogens (tertiary/aromatic N) is 3. The van der Waals surface area contributed by atoms with E-state index in [1.54, 1.807) is 11.3 Å². The van der Waals surface area contributed by atoms with Crippen molar-refractivity contribution in [2.24, 2.45) is 0 Å². The minimum Gasteiger partial charge on any atom is -0.366 e. The zero-order valence-electron chi connectivity index (χ0n) is 15.6. The van der Waals surface area contributed by atoms with Gasteiger partial charge < -0.3 is 16.0 Å². The topological polar surface area (TPSA) is 91.8 Å². The Kier molecular flexibility index (Phi) is 5.54. The van der Waals surface area contributed by atoms with Crippen LogP contribution < -0.4 is 16.0 Å². The van der Waals surface area contributed by atoms with E-state index < -0.39 is 0 Å². The number of rotatable bonds is 6. The van der Waals surface area contributed by atoms with Crippen molar-refractivity contribution < 1.29 is 4.79 Å². The Balaban J connectivity index is 1.47. The van der Waals surface area contributed by atoms with E-state index in [4.69, 9.17) is 4.98 Å². The molecule has 0 bridgehead atoms. The minimum absolute atomic E-state index is 0.0958. The molecule has 0 unspecified atom stereocenters. The molecule has 1 fully saturated rings. The van der Waals surface area contributed by atoms with Gasteiger partial charge in [-0.05, 0) is 67.7 Å². The molecule has 3 heterocycles. The summed E-state index contributed by atoms with van der Waals surface area (Å²) >= 11 is 3.04. The zero-order valence-corrected chi connectivity index (χ0v) is 17.2. The predicted molar refractivity (Wildman–Crippen MR) is 116 cm³/mol. The molecule has 4 rings (SSSR count). The van der Waals surface area contributed by atoms with Crippen LogP contribution in [-0.4, -0.2) is 32.3 Å². The number of aromatic nitrogens is 3. The second-order valence-corrected chi connectivity index (χ2v) is 8.62. The molecule has 1 amide bonds. The molecule has 0 saturated heterocycles. The van der Waals surface area contributed by atoms with Crippen LogP contribution in [0.2, 0.25) is 0 Å².